The molecule has 2 aromatic rings. The van der Waals surface area contributed by atoms with E-state index in [4.69, 9.17) is 9.47 Å². The first kappa shape index (κ1) is 20.9. The largest absolute Gasteiger partial charge is 0.484 e. The first-order valence-electron chi connectivity index (χ1n) is 8.66. The van der Waals surface area contributed by atoms with Crippen molar-refractivity contribution in [3.05, 3.63) is 59.9 Å². The summed E-state index contributed by atoms with van der Waals surface area (Å²) in [6, 6.07) is 12.1. The summed E-state index contributed by atoms with van der Waals surface area (Å²) in [5.41, 5.74) is 4.93. The molecule has 0 radical (unpaired) electrons. The van der Waals surface area contributed by atoms with Crippen LogP contribution in [0.1, 0.15) is 30.6 Å². The van der Waals surface area contributed by atoms with Gasteiger partial charge in [-0.05, 0) is 43.3 Å². The van der Waals surface area contributed by atoms with E-state index in [2.05, 4.69) is 10.9 Å². The summed E-state index contributed by atoms with van der Waals surface area (Å²) in [6.45, 7) is 2.85. The van der Waals surface area contributed by atoms with Crippen molar-refractivity contribution in [3.8, 4) is 11.5 Å². The van der Waals surface area contributed by atoms with E-state index < -0.39 is 23.7 Å². The number of nitrogens with one attached hydrogen (secondary N) is 2. The average Bonchev–Trinajstić information content (AvgIpc) is 2.71. The molecular formula is C20H21FN2O5. The number of benzene rings is 2. The van der Waals surface area contributed by atoms with Crippen LogP contribution >= 0.6 is 0 Å². The van der Waals surface area contributed by atoms with E-state index in [1.807, 2.05) is 0 Å². The minimum atomic E-state index is -1.03. The Morgan fingerprint density at radius 2 is 1.71 bits per heavy atom. The summed E-state index contributed by atoms with van der Waals surface area (Å²) in [4.78, 5) is 35.2. The molecule has 2 amide bonds. The fourth-order valence-corrected chi connectivity index (χ4v) is 2.14. The van der Waals surface area contributed by atoms with Crippen LogP contribution in [0.25, 0.3) is 0 Å². The van der Waals surface area contributed by atoms with Crippen LogP contribution < -0.4 is 20.3 Å². The van der Waals surface area contributed by atoms with Crippen LogP contribution in [0.3, 0.4) is 0 Å². The maximum absolute atomic E-state index is 13.5. The van der Waals surface area contributed by atoms with Crippen molar-refractivity contribution in [1.29, 1.82) is 0 Å². The fourth-order valence-electron chi connectivity index (χ4n) is 2.14. The number of hydrogen-bond acceptors (Lipinski definition) is 5. The van der Waals surface area contributed by atoms with Gasteiger partial charge in [-0.25, -0.2) is 4.39 Å². The van der Waals surface area contributed by atoms with Crippen molar-refractivity contribution in [2.24, 2.45) is 0 Å². The summed E-state index contributed by atoms with van der Waals surface area (Å²) in [5.74, 6) is -1.49. The minimum Gasteiger partial charge on any atom is -0.484 e. The molecule has 2 aromatic carbocycles. The van der Waals surface area contributed by atoms with Crippen molar-refractivity contribution in [2.45, 2.75) is 26.4 Å². The predicted octanol–water partition coefficient (Wildman–Crippen LogP) is 2.41. The molecule has 0 saturated heterocycles. The monoisotopic (exact) mass is 388 g/mol. The van der Waals surface area contributed by atoms with E-state index in [0.29, 0.717) is 17.7 Å². The molecule has 0 aliphatic heterocycles. The molecule has 0 heterocycles. The highest BCUT2D eigenvalue weighted by molar-refractivity contribution is 5.95. The summed E-state index contributed by atoms with van der Waals surface area (Å²) >= 11 is 0. The van der Waals surface area contributed by atoms with Gasteiger partial charge < -0.3 is 9.47 Å². The van der Waals surface area contributed by atoms with Gasteiger partial charge in [0.2, 0.25) is 0 Å². The molecule has 0 bridgehead atoms. The molecule has 0 aliphatic rings. The highest BCUT2D eigenvalue weighted by Gasteiger charge is 2.17. The average molecular weight is 388 g/mol. The van der Waals surface area contributed by atoms with Crippen LogP contribution in [0.4, 0.5) is 4.39 Å². The lowest BCUT2D eigenvalue weighted by Gasteiger charge is -2.15. The molecular weight excluding hydrogens is 367 g/mol. The zero-order valence-electron chi connectivity index (χ0n) is 15.5. The van der Waals surface area contributed by atoms with Crippen molar-refractivity contribution in [2.75, 3.05) is 6.61 Å². The van der Waals surface area contributed by atoms with Gasteiger partial charge >= 0.3 is 0 Å². The number of ketones is 1. The standard InChI is InChI=1S/C20H21FN2O5/c1-3-17(24)14-8-10-15(11-9-14)27-12-19(25)22-23-20(26)13(2)28-18-7-5-4-6-16(18)21/h4-11,13H,3,12H2,1-2H3,(H,22,25)(H,23,26)/t13-/m1/s1. The van der Waals surface area contributed by atoms with Gasteiger partial charge in [-0.3, -0.25) is 25.2 Å². The van der Waals surface area contributed by atoms with Crippen LogP contribution in [0.2, 0.25) is 0 Å². The lowest BCUT2D eigenvalue weighted by atomic mass is 10.1. The number of hydrogen-bond donors (Lipinski definition) is 2. The van der Waals surface area contributed by atoms with Gasteiger partial charge in [-0.15, -0.1) is 0 Å². The molecule has 148 valence electrons. The first-order valence-corrected chi connectivity index (χ1v) is 8.66. The minimum absolute atomic E-state index is 0.0127. The Bertz CT molecular complexity index is 839. The van der Waals surface area contributed by atoms with Gasteiger partial charge in [-0.1, -0.05) is 19.1 Å². The number of halogens is 1. The lowest BCUT2D eigenvalue weighted by Crippen LogP contribution is -2.48. The molecule has 1 atom stereocenters. The highest BCUT2D eigenvalue weighted by atomic mass is 19.1. The zero-order valence-corrected chi connectivity index (χ0v) is 15.5. The number of Topliss-reactive ketones (excluding diaryl/α,β-unsaturated/α-hetero) is 1. The Balaban J connectivity index is 1.75. The van der Waals surface area contributed by atoms with E-state index in [9.17, 15) is 18.8 Å². The third-order valence-corrected chi connectivity index (χ3v) is 3.70. The van der Waals surface area contributed by atoms with Crippen LogP contribution in [-0.4, -0.2) is 30.3 Å². The smallest absolute Gasteiger partial charge is 0.279 e. The van der Waals surface area contributed by atoms with Crippen molar-refractivity contribution >= 4 is 17.6 Å². The SMILES string of the molecule is CCC(=O)c1ccc(OCC(=O)NNC(=O)[C@@H](C)Oc2ccccc2F)cc1. The Morgan fingerprint density at radius 3 is 2.36 bits per heavy atom. The molecule has 0 fully saturated rings. The molecule has 0 saturated carbocycles. The van der Waals surface area contributed by atoms with E-state index >= 15 is 0 Å². The zero-order chi connectivity index (χ0) is 20.5. The molecule has 2 rings (SSSR count). The number of hydrazine groups is 1. The van der Waals surface area contributed by atoms with Crippen LogP contribution in [0.15, 0.2) is 48.5 Å². The maximum Gasteiger partial charge on any atom is 0.279 e. The summed E-state index contributed by atoms with van der Waals surface area (Å²) in [5, 5.41) is 0. The maximum atomic E-state index is 13.5. The number of carbonyl (C=O) groups excluding carboxylic acids is 3. The molecule has 0 aliphatic carbocycles. The van der Waals surface area contributed by atoms with E-state index in [1.54, 1.807) is 37.3 Å². The second-order valence-corrected chi connectivity index (χ2v) is 5.82. The number of para-hydroxylation sites is 1. The molecule has 7 nitrogen and oxygen atoms in total. The van der Waals surface area contributed by atoms with Crippen LogP contribution in [0, 0.1) is 5.82 Å². The highest BCUT2D eigenvalue weighted by Crippen LogP contribution is 2.17. The third-order valence-electron chi connectivity index (χ3n) is 3.70. The van der Waals surface area contributed by atoms with Crippen molar-refractivity contribution < 1.29 is 28.2 Å². The molecule has 0 unspecified atom stereocenters. The number of amides is 2. The Labute approximate surface area is 161 Å². The summed E-state index contributed by atoms with van der Waals surface area (Å²) in [7, 11) is 0. The van der Waals surface area contributed by atoms with E-state index in [0.717, 1.165) is 0 Å². The van der Waals surface area contributed by atoms with Gasteiger partial charge in [0.15, 0.2) is 30.1 Å². The molecule has 2 N–H and O–H groups in total. The molecule has 0 spiro atoms. The van der Waals surface area contributed by atoms with Gasteiger partial charge in [0, 0.05) is 12.0 Å². The van der Waals surface area contributed by atoms with Crippen molar-refractivity contribution in [3.63, 3.8) is 0 Å². The Kier molecular flexibility index (Phi) is 7.50. The molecule has 0 aromatic heterocycles. The Morgan fingerprint density at radius 1 is 1.04 bits per heavy atom. The van der Waals surface area contributed by atoms with Crippen LogP contribution in [-0.2, 0) is 9.59 Å². The van der Waals surface area contributed by atoms with Gasteiger partial charge in [0.1, 0.15) is 5.75 Å². The quantitative estimate of drug-likeness (QED) is 0.535. The lowest BCUT2D eigenvalue weighted by molar-refractivity contribution is -0.133. The normalized spacial score (nSPS) is 11.2. The second-order valence-electron chi connectivity index (χ2n) is 5.82. The summed E-state index contributed by atoms with van der Waals surface area (Å²) < 4.78 is 24.0. The topological polar surface area (TPSA) is 93.7 Å². The van der Waals surface area contributed by atoms with Gasteiger partial charge in [-0.2, -0.15) is 0 Å². The molecule has 28 heavy (non-hydrogen) atoms. The Hall–Kier alpha value is -3.42. The van der Waals surface area contributed by atoms with Crippen LogP contribution in [0.5, 0.6) is 11.5 Å². The van der Waals surface area contributed by atoms with E-state index in [-0.39, 0.29) is 18.1 Å². The molecule has 8 heteroatoms. The second kappa shape index (κ2) is 10.1. The number of rotatable bonds is 8. The van der Waals surface area contributed by atoms with E-state index in [1.165, 1.54) is 25.1 Å². The van der Waals surface area contributed by atoms with Crippen molar-refractivity contribution in [1.82, 2.24) is 10.9 Å². The number of carbonyl (C=O) groups is 3. The third kappa shape index (κ3) is 6.08. The fraction of sp³-hybridized carbons (Fsp3) is 0.250. The first-order chi connectivity index (χ1) is 13.4. The van der Waals surface area contributed by atoms with Gasteiger partial charge in [0.25, 0.3) is 11.8 Å². The number of ether oxygens (including phenoxy) is 2. The summed E-state index contributed by atoms with van der Waals surface area (Å²) in [6.07, 6.45) is -0.622. The van der Waals surface area contributed by atoms with Gasteiger partial charge in [0.05, 0.1) is 0 Å². The predicted molar refractivity (Wildman–Crippen MR) is 99.3 cm³/mol.